The Morgan fingerprint density at radius 3 is 2.08 bits per heavy atom. The van der Waals surface area contributed by atoms with E-state index in [2.05, 4.69) is 44.4 Å². The summed E-state index contributed by atoms with van der Waals surface area (Å²) >= 11 is 0. The maximum atomic E-state index is 6.53. The van der Waals surface area contributed by atoms with Crippen molar-refractivity contribution >= 4 is 22.3 Å². The highest BCUT2D eigenvalue weighted by Gasteiger charge is 2.45. The first kappa shape index (κ1) is 20.3. The molecular weight excluding hydrogens is 350 g/mol. The van der Waals surface area contributed by atoms with Crippen molar-refractivity contribution in [1.29, 1.82) is 0 Å². The molecule has 0 amide bonds. The monoisotopic (exact) mass is 381 g/mol. The van der Waals surface area contributed by atoms with Crippen molar-refractivity contribution in [3.8, 4) is 0 Å². The molecule has 1 heterocycles. The number of rotatable bonds is 7. The van der Waals surface area contributed by atoms with Crippen LogP contribution < -0.4 is 0 Å². The van der Waals surface area contributed by atoms with Crippen LogP contribution in [0.4, 0.5) is 0 Å². The molecule has 5 nitrogen and oxygen atoms in total. The summed E-state index contributed by atoms with van der Waals surface area (Å²) in [4.78, 5) is 5.69. The van der Waals surface area contributed by atoms with Gasteiger partial charge in [-0.25, -0.2) is 0 Å². The molecule has 0 N–H and O–H groups in total. The van der Waals surface area contributed by atoms with Gasteiger partial charge in [0.05, 0.1) is 0 Å². The Kier molecular flexibility index (Phi) is 6.61. The van der Waals surface area contributed by atoms with Crippen molar-refractivity contribution in [3.63, 3.8) is 0 Å². The fourth-order valence-corrected chi connectivity index (χ4v) is 4.72. The summed E-state index contributed by atoms with van der Waals surface area (Å²) in [7, 11) is -3.69. The van der Waals surface area contributed by atoms with Crippen LogP contribution >= 0.6 is 0 Å². The summed E-state index contributed by atoms with van der Waals surface area (Å²) in [6, 6.07) is 10.0. The van der Waals surface area contributed by atoms with Gasteiger partial charge in [-0.1, -0.05) is 35.5 Å². The molecule has 25 heavy (non-hydrogen) atoms. The lowest BCUT2D eigenvalue weighted by molar-refractivity contribution is -0.209. The van der Waals surface area contributed by atoms with E-state index >= 15 is 0 Å². The second-order valence-corrected chi connectivity index (χ2v) is 17.0. The third-order valence-corrected chi connectivity index (χ3v) is 5.40. The number of nitrogens with zero attached hydrogens (tertiary/aromatic N) is 1. The number of hydrogen-bond donors (Lipinski definition) is 0. The zero-order chi connectivity index (χ0) is 18.7. The van der Waals surface area contributed by atoms with E-state index in [1.54, 1.807) is 0 Å². The lowest BCUT2D eigenvalue weighted by Gasteiger charge is -2.41. The number of hydrogen-bond acceptors (Lipinski definition) is 5. The molecule has 140 valence electrons. The summed E-state index contributed by atoms with van der Waals surface area (Å²) in [6.07, 6.45) is -1.18. The Morgan fingerprint density at radius 1 is 0.960 bits per heavy atom. The average molecular weight is 382 g/mol. The zero-order valence-electron chi connectivity index (χ0n) is 16.4. The second-order valence-electron chi connectivity index (χ2n) is 8.12. The molecular formula is C18H31NO4Si2. The van der Waals surface area contributed by atoms with E-state index in [1.807, 2.05) is 37.3 Å². The van der Waals surface area contributed by atoms with Crippen molar-refractivity contribution in [1.82, 2.24) is 0 Å². The van der Waals surface area contributed by atoms with Crippen LogP contribution in [0.1, 0.15) is 12.5 Å². The van der Waals surface area contributed by atoms with Gasteiger partial charge in [0.25, 0.3) is 6.29 Å². The molecule has 3 atom stereocenters. The van der Waals surface area contributed by atoms with Gasteiger partial charge in [-0.2, -0.15) is 0 Å². The van der Waals surface area contributed by atoms with Crippen molar-refractivity contribution in [3.05, 3.63) is 35.9 Å². The Morgan fingerprint density at radius 2 is 1.56 bits per heavy atom. The van der Waals surface area contributed by atoms with Crippen molar-refractivity contribution in [2.45, 2.75) is 64.7 Å². The van der Waals surface area contributed by atoms with Crippen molar-refractivity contribution < 1.29 is 18.4 Å². The minimum Gasteiger partial charge on any atom is -0.406 e. The Labute approximate surface area is 153 Å². The van der Waals surface area contributed by atoms with Crippen LogP contribution in [0.15, 0.2) is 35.5 Å². The molecule has 1 aromatic carbocycles. The molecule has 2 rings (SSSR count). The van der Waals surface area contributed by atoms with Gasteiger partial charge in [0.15, 0.2) is 16.6 Å². The molecule has 1 aliphatic heterocycles. The van der Waals surface area contributed by atoms with Gasteiger partial charge in [0.2, 0.25) is 0 Å². The molecule has 0 aliphatic carbocycles. The molecule has 0 saturated carbocycles. The molecule has 0 fully saturated rings. The van der Waals surface area contributed by atoms with Gasteiger partial charge in [-0.15, -0.1) is 0 Å². The molecule has 0 unspecified atom stereocenters. The molecule has 1 aliphatic rings. The second kappa shape index (κ2) is 8.13. The molecule has 0 spiro atoms. The summed E-state index contributed by atoms with van der Waals surface area (Å²) < 4.78 is 18.8. The van der Waals surface area contributed by atoms with Crippen molar-refractivity contribution in [2.24, 2.45) is 5.16 Å². The van der Waals surface area contributed by atoms with Gasteiger partial charge < -0.3 is 18.4 Å². The Balaban J connectivity index is 2.43. The number of ether oxygens (including phenoxy) is 1. The van der Waals surface area contributed by atoms with Gasteiger partial charge in [0, 0.05) is 12.2 Å². The molecule has 0 saturated heterocycles. The normalized spacial score (nSPS) is 24.6. The minimum absolute atomic E-state index is 0.300. The van der Waals surface area contributed by atoms with Gasteiger partial charge in [-0.3, -0.25) is 0 Å². The third kappa shape index (κ3) is 6.04. The quantitative estimate of drug-likeness (QED) is 0.663. The summed E-state index contributed by atoms with van der Waals surface area (Å²) in [5, 5.41) is 4.37. The predicted octanol–water partition coefficient (Wildman–Crippen LogP) is 4.22. The largest absolute Gasteiger partial charge is 0.406 e. The van der Waals surface area contributed by atoms with Crippen LogP contribution in [0.5, 0.6) is 0 Å². The van der Waals surface area contributed by atoms with Crippen LogP contribution in [0.2, 0.25) is 39.3 Å². The maximum Gasteiger partial charge on any atom is 0.255 e. The molecule has 7 heteroatoms. The maximum absolute atomic E-state index is 6.53. The Bertz CT molecular complexity index is 581. The first-order valence-corrected chi connectivity index (χ1v) is 15.7. The van der Waals surface area contributed by atoms with Gasteiger partial charge in [-0.05, 0) is 46.2 Å². The fourth-order valence-electron chi connectivity index (χ4n) is 2.66. The van der Waals surface area contributed by atoms with Crippen LogP contribution in [-0.4, -0.2) is 47.5 Å². The summed E-state index contributed by atoms with van der Waals surface area (Å²) in [6.45, 7) is 15.5. The zero-order valence-corrected chi connectivity index (χ0v) is 18.4. The van der Waals surface area contributed by atoms with Gasteiger partial charge >= 0.3 is 0 Å². The number of oxime groups is 1. The topological polar surface area (TPSA) is 49.3 Å². The smallest absolute Gasteiger partial charge is 0.255 e. The average Bonchev–Trinajstić information content (AvgIpc) is 2.49. The van der Waals surface area contributed by atoms with Crippen LogP contribution in [0.25, 0.3) is 0 Å². The molecule has 0 radical (unpaired) electrons. The third-order valence-electron chi connectivity index (χ3n) is 3.46. The first-order chi connectivity index (χ1) is 11.6. The number of benzene rings is 1. The first-order valence-electron chi connectivity index (χ1n) is 8.87. The standard InChI is InChI=1S/C18H31NO4Si2/c1-8-20-18-17(23-25(5,6)7)16(22-24(2,3)4)15(19-21-18)14-12-10-9-11-13-14/h9-13,16-18H,8H2,1-7H3/t16-,17-,18-/m0/s1. The summed E-state index contributed by atoms with van der Waals surface area (Å²) in [5.41, 5.74) is 1.77. The van der Waals surface area contributed by atoms with Crippen LogP contribution in [-0.2, 0) is 18.4 Å². The SMILES string of the molecule is CCO[C@H]1ON=C(c2ccccc2)[C@H](O[Si](C)(C)C)[C@@H]1O[Si](C)(C)C. The molecule has 1 aromatic rings. The van der Waals surface area contributed by atoms with E-state index in [1.165, 1.54) is 0 Å². The molecule has 0 bridgehead atoms. The lowest BCUT2D eigenvalue weighted by Crippen LogP contribution is -2.56. The highest BCUT2D eigenvalue weighted by molar-refractivity contribution is 6.70. The highest BCUT2D eigenvalue weighted by Crippen LogP contribution is 2.28. The van der Waals surface area contributed by atoms with E-state index in [0.29, 0.717) is 6.61 Å². The van der Waals surface area contributed by atoms with E-state index in [4.69, 9.17) is 18.4 Å². The van der Waals surface area contributed by atoms with Crippen LogP contribution in [0, 0.1) is 0 Å². The van der Waals surface area contributed by atoms with E-state index in [9.17, 15) is 0 Å². The summed E-state index contributed by atoms with van der Waals surface area (Å²) in [5.74, 6) is 0. The van der Waals surface area contributed by atoms with E-state index in [-0.39, 0.29) is 12.2 Å². The Hall–Kier alpha value is -0.996. The predicted molar refractivity (Wildman–Crippen MR) is 106 cm³/mol. The van der Waals surface area contributed by atoms with E-state index in [0.717, 1.165) is 11.3 Å². The fraction of sp³-hybridized carbons (Fsp3) is 0.611. The van der Waals surface area contributed by atoms with E-state index < -0.39 is 22.9 Å². The van der Waals surface area contributed by atoms with Crippen LogP contribution in [0.3, 0.4) is 0 Å². The highest BCUT2D eigenvalue weighted by atomic mass is 28.4. The van der Waals surface area contributed by atoms with Gasteiger partial charge in [0.1, 0.15) is 17.9 Å². The lowest BCUT2D eigenvalue weighted by atomic mass is 10.0. The molecule has 0 aromatic heterocycles. The minimum atomic E-state index is -1.85. The van der Waals surface area contributed by atoms with Crippen molar-refractivity contribution in [2.75, 3.05) is 6.61 Å².